The Morgan fingerprint density at radius 3 is 2.59 bits per heavy atom. The lowest BCUT2D eigenvalue weighted by molar-refractivity contribution is 0.0593. The Balaban J connectivity index is 2.39. The summed E-state index contributed by atoms with van der Waals surface area (Å²) >= 11 is 0. The Hall–Kier alpha value is -2.43. The molecule has 5 heteroatoms. The first-order valence-electron chi connectivity index (χ1n) is 4.90. The van der Waals surface area contributed by atoms with Gasteiger partial charge in [0.25, 0.3) is 0 Å². The fourth-order valence-electron chi connectivity index (χ4n) is 1.34. The second-order valence-electron chi connectivity index (χ2n) is 3.33. The molecule has 2 rings (SSSR count). The maximum atomic E-state index is 11.3. The van der Waals surface area contributed by atoms with Crippen molar-refractivity contribution < 1.29 is 14.6 Å². The molecule has 0 fully saturated rings. The van der Waals surface area contributed by atoms with Crippen LogP contribution in [0.2, 0.25) is 0 Å². The summed E-state index contributed by atoms with van der Waals surface area (Å²) in [4.78, 5) is 19.3. The maximum Gasteiger partial charge on any atom is 0.358 e. The van der Waals surface area contributed by atoms with Crippen molar-refractivity contribution in [3.63, 3.8) is 0 Å². The van der Waals surface area contributed by atoms with Crippen LogP contribution >= 0.6 is 0 Å². The summed E-state index contributed by atoms with van der Waals surface area (Å²) in [5.41, 5.74) is 1.46. The first-order valence-corrected chi connectivity index (χ1v) is 4.90. The van der Waals surface area contributed by atoms with E-state index in [2.05, 4.69) is 14.7 Å². The number of carbonyl (C=O) groups excluding carboxylic acids is 1. The molecule has 1 aromatic heterocycles. The number of aromatic hydroxyl groups is 1. The molecule has 0 spiro atoms. The van der Waals surface area contributed by atoms with Crippen LogP contribution in [0.25, 0.3) is 11.3 Å². The molecule has 17 heavy (non-hydrogen) atoms. The Morgan fingerprint density at radius 2 is 1.94 bits per heavy atom. The van der Waals surface area contributed by atoms with Gasteiger partial charge in [0.05, 0.1) is 25.2 Å². The number of esters is 1. The average molecular weight is 230 g/mol. The molecule has 0 unspecified atom stereocenters. The van der Waals surface area contributed by atoms with Gasteiger partial charge in [0, 0.05) is 5.56 Å². The standard InChI is InChI=1S/C12H10N2O3/c1-17-12(16)11-7-13-6-10(14-11)8-2-4-9(15)5-3-8/h2-7,15H,1H3. The monoisotopic (exact) mass is 230 g/mol. The number of ether oxygens (including phenoxy) is 1. The lowest BCUT2D eigenvalue weighted by Gasteiger charge is -2.02. The predicted octanol–water partition coefficient (Wildman–Crippen LogP) is 1.64. The number of rotatable bonds is 2. The number of nitrogens with zero attached hydrogens (tertiary/aromatic N) is 2. The minimum atomic E-state index is -0.530. The van der Waals surface area contributed by atoms with Crippen LogP contribution in [-0.4, -0.2) is 28.2 Å². The highest BCUT2D eigenvalue weighted by molar-refractivity contribution is 5.87. The summed E-state index contributed by atoms with van der Waals surface area (Å²) in [6.45, 7) is 0. The van der Waals surface area contributed by atoms with E-state index in [1.165, 1.54) is 13.3 Å². The van der Waals surface area contributed by atoms with Gasteiger partial charge in [-0.15, -0.1) is 0 Å². The number of hydrogen-bond donors (Lipinski definition) is 1. The van der Waals surface area contributed by atoms with E-state index in [4.69, 9.17) is 0 Å². The molecule has 86 valence electrons. The van der Waals surface area contributed by atoms with E-state index in [1.807, 2.05) is 0 Å². The van der Waals surface area contributed by atoms with Gasteiger partial charge in [-0.05, 0) is 24.3 Å². The molecule has 0 amide bonds. The van der Waals surface area contributed by atoms with Crippen LogP contribution in [0, 0.1) is 0 Å². The van der Waals surface area contributed by atoms with Gasteiger partial charge in [-0.3, -0.25) is 4.98 Å². The van der Waals surface area contributed by atoms with Crippen molar-refractivity contribution in [3.05, 3.63) is 42.4 Å². The van der Waals surface area contributed by atoms with E-state index in [9.17, 15) is 9.90 Å². The van der Waals surface area contributed by atoms with E-state index in [0.717, 1.165) is 5.56 Å². The van der Waals surface area contributed by atoms with Crippen LogP contribution in [0.1, 0.15) is 10.5 Å². The molecule has 1 aromatic carbocycles. The molecule has 2 aromatic rings. The smallest absolute Gasteiger partial charge is 0.358 e. The molecule has 0 aliphatic heterocycles. The Morgan fingerprint density at radius 1 is 1.24 bits per heavy atom. The largest absolute Gasteiger partial charge is 0.508 e. The number of phenolic OH excluding ortho intramolecular Hbond substituents is 1. The fraction of sp³-hybridized carbons (Fsp3) is 0.0833. The summed E-state index contributed by atoms with van der Waals surface area (Å²) in [6.07, 6.45) is 2.88. The van der Waals surface area contributed by atoms with Crippen LogP contribution in [0.15, 0.2) is 36.7 Å². The van der Waals surface area contributed by atoms with Crippen LogP contribution in [-0.2, 0) is 4.74 Å². The van der Waals surface area contributed by atoms with Gasteiger partial charge in [0.1, 0.15) is 5.75 Å². The molecule has 0 aliphatic carbocycles. The van der Waals surface area contributed by atoms with Crippen LogP contribution < -0.4 is 0 Å². The zero-order valence-electron chi connectivity index (χ0n) is 9.12. The number of carbonyl (C=O) groups is 1. The zero-order valence-corrected chi connectivity index (χ0v) is 9.12. The molecule has 1 heterocycles. The number of methoxy groups -OCH3 is 1. The second-order valence-corrected chi connectivity index (χ2v) is 3.33. The minimum Gasteiger partial charge on any atom is -0.508 e. The van der Waals surface area contributed by atoms with E-state index in [-0.39, 0.29) is 11.4 Å². The summed E-state index contributed by atoms with van der Waals surface area (Å²) in [5.74, 6) is -0.357. The molecule has 0 saturated carbocycles. The topological polar surface area (TPSA) is 72.3 Å². The highest BCUT2D eigenvalue weighted by Crippen LogP contribution is 2.19. The molecule has 5 nitrogen and oxygen atoms in total. The zero-order chi connectivity index (χ0) is 12.3. The number of phenols is 1. The van der Waals surface area contributed by atoms with Crippen LogP contribution in [0.4, 0.5) is 0 Å². The summed E-state index contributed by atoms with van der Waals surface area (Å²) < 4.78 is 4.56. The highest BCUT2D eigenvalue weighted by atomic mass is 16.5. The summed E-state index contributed by atoms with van der Waals surface area (Å²) in [5, 5.41) is 9.17. The van der Waals surface area contributed by atoms with Crippen LogP contribution in [0.5, 0.6) is 5.75 Å². The number of benzene rings is 1. The molecule has 0 saturated heterocycles. The Labute approximate surface area is 97.7 Å². The maximum absolute atomic E-state index is 11.3. The van der Waals surface area contributed by atoms with E-state index in [0.29, 0.717) is 5.69 Å². The normalized spacial score (nSPS) is 9.94. The molecule has 0 atom stereocenters. The van der Waals surface area contributed by atoms with Crippen molar-refractivity contribution in [3.8, 4) is 17.0 Å². The summed E-state index contributed by atoms with van der Waals surface area (Å²) in [6, 6.07) is 6.48. The molecule has 0 bridgehead atoms. The fourth-order valence-corrected chi connectivity index (χ4v) is 1.34. The molecule has 0 aliphatic rings. The van der Waals surface area contributed by atoms with Crippen molar-refractivity contribution in [1.29, 1.82) is 0 Å². The van der Waals surface area contributed by atoms with Gasteiger partial charge < -0.3 is 9.84 Å². The SMILES string of the molecule is COC(=O)c1cncc(-c2ccc(O)cc2)n1. The van der Waals surface area contributed by atoms with Gasteiger partial charge in [-0.25, -0.2) is 9.78 Å². The van der Waals surface area contributed by atoms with Crippen molar-refractivity contribution in [2.45, 2.75) is 0 Å². The second kappa shape index (κ2) is 4.61. The predicted molar refractivity (Wildman–Crippen MR) is 60.5 cm³/mol. The third-order valence-corrected chi connectivity index (χ3v) is 2.19. The van der Waals surface area contributed by atoms with E-state index >= 15 is 0 Å². The van der Waals surface area contributed by atoms with Gasteiger partial charge in [0.15, 0.2) is 5.69 Å². The molecule has 0 radical (unpaired) electrons. The number of aromatic nitrogens is 2. The first-order chi connectivity index (χ1) is 8.20. The Kier molecular flexibility index (Phi) is 3.00. The molecule has 1 N–H and O–H groups in total. The lowest BCUT2D eigenvalue weighted by atomic mass is 10.1. The Bertz CT molecular complexity index is 538. The third kappa shape index (κ3) is 2.39. The highest BCUT2D eigenvalue weighted by Gasteiger charge is 2.09. The van der Waals surface area contributed by atoms with Crippen LogP contribution in [0.3, 0.4) is 0 Å². The summed E-state index contributed by atoms with van der Waals surface area (Å²) in [7, 11) is 1.29. The van der Waals surface area contributed by atoms with Crippen molar-refractivity contribution in [1.82, 2.24) is 9.97 Å². The molecular formula is C12H10N2O3. The van der Waals surface area contributed by atoms with Gasteiger partial charge in [-0.1, -0.05) is 0 Å². The molecular weight excluding hydrogens is 220 g/mol. The van der Waals surface area contributed by atoms with E-state index in [1.54, 1.807) is 30.5 Å². The van der Waals surface area contributed by atoms with Crippen molar-refractivity contribution >= 4 is 5.97 Å². The quantitative estimate of drug-likeness (QED) is 0.794. The van der Waals surface area contributed by atoms with Crippen molar-refractivity contribution in [2.75, 3.05) is 7.11 Å². The van der Waals surface area contributed by atoms with Gasteiger partial charge >= 0.3 is 5.97 Å². The number of hydrogen-bond acceptors (Lipinski definition) is 5. The van der Waals surface area contributed by atoms with Gasteiger partial charge in [-0.2, -0.15) is 0 Å². The lowest BCUT2D eigenvalue weighted by Crippen LogP contribution is -2.05. The average Bonchev–Trinajstić information content (AvgIpc) is 2.39. The minimum absolute atomic E-state index is 0.151. The third-order valence-electron chi connectivity index (χ3n) is 2.19. The van der Waals surface area contributed by atoms with Crippen molar-refractivity contribution in [2.24, 2.45) is 0 Å². The first kappa shape index (κ1) is 11.1. The van der Waals surface area contributed by atoms with Gasteiger partial charge in [0.2, 0.25) is 0 Å². The van der Waals surface area contributed by atoms with E-state index < -0.39 is 5.97 Å².